The zero-order valence-electron chi connectivity index (χ0n) is 11.6. The highest BCUT2D eigenvalue weighted by Crippen LogP contribution is 2.28. The Morgan fingerprint density at radius 2 is 1.86 bits per heavy atom. The number of aryl methyl sites for hydroxylation is 2. The van der Waals surface area contributed by atoms with Crippen LogP contribution in [0.1, 0.15) is 16.7 Å². The zero-order chi connectivity index (χ0) is 15.6. The minimum Gasteiger partial charge on any atom is -0.325 e. The molecule has 0 bridgehead atoms. The Morgan fingerprint density at radius 1 is 1.14 bits per heavy atom. The van der Waals surface area contributed by atoms with E-state index in [1.165, 1.54) is 0 Å². The first-order valence-electron chi connectivity index (χ1n) is 6.37. The summed E-state index contributed by atoms with van der Waals surface area (Å²) < 4.78 is 0.877. The quantitative estimate of drug-likeness (QED) is 0.735. The molecule has 1 N–H and O–H groups in total. The highest BCUT2D eigenvalue weighted by atomic mass is 79.9. The van der Waals surface area contributed by atoms with E-state index in [0.29, 0.717) is 10.0 Å². The number of anilines is 1. The molecule has 21 heavy (non-hydrogen) atoms. The lowest BCUT2D eigenvalue weighted by atomic mass is 10.1. The van der Waals surface area contributed by atoms with Crippen LogP contribution < -0.4 is 5.32 Å². The fraction of sp³-hybridized carbons (Fsp3) is 0.188. The first-order valence-corrected chi connectivity index (χ1v) is 7.92. The van der Waals surface area contributed by atoms with Crippen molar-refractivity contribution in [2.24, 2.45) is 0 Å². The van der Waals surface area contributed by atoms with E-state index in [0.717, 1.165) is 26.9 Å². The van der Waals surface area contributed by atoms with E-state index in [1.807, 2.05) is 26.0 Å². The lowest BCUT2D eigenvalue weighted by Crippen LogP contribution is -2.15. The van der Waals surface area contributed by atoms with E-state index in [-0.39, 0.29) is 12.3 Å². The van der Waals surface area contributed by atoms with E-state index < -0.39 is 0 Å². The van der Waals surface area contributed by atoms with E-state index in [2.05, 4.69) is 21.2 Å². The molecule has 0 radical (unpaired) electrons. The molecule has 0 fully saturated rings. The SMILES string of the molecule is Cc1cc(C)c(NC(=O)Cc2ccc(Cl)c(Cl)c2)c(Br)c1. The monoisotopic (exact) mass is 385 g/mol. The number of carbonyl (C=O) groups is 1. The first-order chi connectivity index (χ1) is 9.86. The summed E-state index contributed by atoms with van der Waals surface area (Å²) in [4.78, 5) is 12.2. The minimum absolute atomic E-state index is 0.0963. The summed E-state index contributed by atoms with van der Waals surface area (Å²) in [5.41, 5.74) is 3.78. The van der Waals surface area contributed by atoms with Crippen molar-refractivity contribution in [1.29, 1.82) is 0 Å². The molecule has 0 aliphatic rings. The summed E-state index contributed by atoms with van der Waals surface area (Å²) in [7, 11) is 0. The minimum atomic E-state index is -0.0963. The Kier molecular flexibility index (Phi) is 5.31. The van der Waals surface area contributed by atoms with Crippen molar-refractivity contribution in [2.45, 2.75) is 20.3 Å². The van der Waals surface area contributed by atoms with Crippen LogP contribution in [-0.2, 0) is 11.2 Å². The van der Waals surface area contributed by atoms with Gasteiger partial charge in [-0.05, 0) is 64.7 Å². The smallest absolute Gasteiger partial charge is 0.228 e. The van der Waals surface area contributed by atoms with Crippen LogP contribution in [0.4, 0.5) is 5.69 Å². The van der Waals surface area contributed by atoms with Crippen molar-refractivity contribution in [3.8, 4) is 0 Å². The maximum absolute atomic E-state index is 12.2. The Bertz CT molecular complexity index is 678. The van der Waals surface area contributed by atoms with Crippen LogP contribution in [-0.4, -0.2) is 5.91 Å². The maximum atomic E-state index is 12.2. The van der Waals surface area contributed by atoms with Crippen LogP contribution in [0.2, 0.25) is 10.0 Å². The summed E-state index contributed by atoms with van der Waals surface area (Å²) in [6.45, 7) is 3.98. The van der Waals surface area contributed by atoms with Gasteiger partial charge in [0.2, 0.25) is 5.91 Å². The van der Waals surface area contributed by atoms with Gasteiger partial charge in [0.15, 0.2) is 0 Å². The second kappa shape index (κ2) is 6.82. The second-order valence-corrected chi connectivity index (χ2v) is 6.58. The number of hydrogen-bond acceptors (Lipinski definition) is 1. The van der Waals surface area contributed by atoms with Gasteiger partial charge in [0.05, 0.1) is 22.2 Å². The molecular formula is C16H14BrCl2NO. The predicted molar refractivity (Wildman–Crippen MR) is 92.4 cm³/mol. The molecule has 0 spiro atoms. The molecule has 0 aliphatic heterocycles. The number of carbonyl (C=O) groups excluding carboxylic acids is 1. The topological polar surface area (TPSA) is 29.1 Å². The van der Waals surface area contributed by atoms with Gasteiger partial charge in [-0.15, -0.1) is 0 Å². The molecule has 0 atom stereocenters. The van der Waals surface area contributed by atoms with Crippen molar-refractivity contribution in [3.63, 3.8) is 0 Å². The van der Waals surface area contributed by atoms with Gasteiger partial charge >= 0.3 is 0 Å². The second-order valence-electron chi connectivity index (χ2n) is 4.91. The van der Waals surface area contributed by atoms with Gasteiger partial charge in [-0.2, -0.15) is 0 Å². The van der Waals surface area contributed by atoms with Crippen molar-refractivity contribution < 1.29 is 4.79 Å². The molecule has 2 rings (SSSR count). The zero-order valence-corrected chi connectivity index (χ0v) is 14.7. The molecule has 0 heterocycles. The van der Waals surface area contributed by atoms with Crippen molar-refractivity contribution in [2.75, 3.05) is 5.32 Å². The lowest BCUT2D eigenvalue weighted by Gasteiger charge is -2.12. The van der Waals surface area contributed by atoms with Gasteiger partial charge in [-0.3, -0.25) is 4.79 Å². The highest BCUT2D eigenvalue weighted by molar-refractivity contribution is 9.10. The molecule has 2 aromatic carbocycles. The third-order valence-corrected chi connectivity index (χ3v) is 4.41. The Morgan fingerprint density at radius 3 is 2.48 bits per heavy atom. The molecule has 5 heteroatoms. The average molecular weight is 387 g/mol. The van der Waals surface area contributed by atoms with Gasteiger partial charge < -0.3 is 5.32 Å². The lowest BCUT2D eigenvalue weighted by molar-refractivity contribution is -0.115. The highest BCUT2D eigenvalue weighted by Gasteiger charge is 2.10. The fourth-order valence-electron chi connectivity index (χ4n) is 2.09. The fourth-order valence-corrected chi connectivity index (χ4v) is 3.19. The molecule has 2 aromatic rings. The van der Waals surface area contributed by atoms with Crippen LogP contribution in [0.5, 0.6) is 0 Å². The summed E-state index contributed by atoms with van der Waals surface area (Å²) in [5.74, 6) is -0.0963. The summed E-state index contributed by atoms with van der Waals surface area (Å²) in [6.07, 6.45) is 0.247. The van der Waals surface area contributed by atoms with Crippen LogP contribution in [0.25, 0.3) is 0 Å². The Labute approximate surface area is 142 Å². The molecule has 1 amide bonds. The van der Waals surface area contributed by atoms with Gasteiger partial charge in [0.25, 0.3) is 0 Å². The number of rotatable bonds is 3. The summed E-state index contributed by atoms with van der Waals surface area (Å²) in [6, 6.07) is 9.20. The molecule has 110 valence electrons. The molecule has 2 nitrogen and oxygen atoms in total. The van der Waals surface area contributed by atoms with Gasteiger partial charge in [0, 0.05) is 4.47 Å². The molecule has 0 unspecified atom stereocenters. The number of amides is 1. The number of nitrogens with one attached hydrogen (secondary N) is 1. The van der Waals surface area contributed by atoms with Crippen molar-refractivity contribution in [3.05, 3.63) is 61.5 Å². The van der Waals surface area contributed by atoms with E-state index in [1.54, 1.807) is 18.2 Å². The largest absolute Gasteiger partial charge is 0.325 e. The van der Waals surface area contributed by atoms with E-state index in [4.69, 9.17) is 23.2 Å². The molecule has 0 aliphatic carbocycles. The first kappa shape index (κ1) is 16.3. The number of benzene rings is 2. The predicted octanol–water partition coefficient (Wildman–Crippen LogP) is 5.55. The van der Waals surface area contributed by atoms with Gasteiger partial charge in [-0.25, -0.2) is 0 Å². The summed E-state index contributed by atoms with van der Waals surface area (Å²) in [5, 5.41) is 3.86. The van der Waals surface area contributed by atoms with E-state index in [9.17, 15) is 4.79 Å². The van der Waals surface area contributed by atoms with Crippen molar-refractivity contribution in [1.82, 2.24) is 0 Å². The third kappa shape index (κ3) is 4.22. The molecule has 0 saturated heterocycles. The standard InChI is InChI=1S/C16H14BrCl2NO/c1-9-5-10(2)16(12(17)6-9)20-15(21)8-11-3-4-13(18)14(19)7-11/h3-7H,8H2,1-2H3,(H,20,21). The van der Waals surface area contributed by atoms with Crippen LogP contribution in [0, 0.1) is 13.8 Å². The van der Waals surface area contributed by atoms with E-state index >= 15 is 0 Å². The maximum Gasteiger partial charge on any atom is 0.228 e. The molecule has 0 aromatic heterocycles. The number of hydrogen-bond donors (Lipinski definition) is 1. The normalized spacial score (nSPS) is 10.5. The van der Waals surface area contributed by atoms with Crippen LogP contribution in [0.3, 0.4) is 0 Å². The van der Waals surface area contributed by atoms with Crippen molar-refractivity contribution >= 4 is 50.7 Å². The summed E-state index contributed by atoms with van der Waals surface area (Å²) >= 11 is 15.3. The van der Waals surface area contributed by atoms with Gasteiger partial charge in [0.1, 0.15) is 0 Å². The molecular weight excluding hydrogens is 373 g/mol. The van der Waals surface area contributed by atoms with Gasteiger partial charge in [-0.1, -0.05) is 35.3 Å². The average Bonchev–Trinajstić information content (AvgIpc) is 2.38. The van der Waals surface area contributed by atoms with Crippen LogP contribution >= 0.6 is 39.1 Å². The Hall–Kier alpha value is -1.03. The third-order valence-electron chi connectivity index (χ3n) is 3.04. The van der Waals surface area contributed by atoms with Crippen LogP contribution in [0.15, 0.2) is 34.8 Å². The number of halogens is 3. The molecule has 0 saturated carbocycles. The Balaban J connectivity index is 2.13.